The van der Waals surface area contributed by atoms with Gasteiger partial charge in [0.2, 0.25) is 0 Å². The van der Waals surface area contributed by atoms with Gasteiger partial charge in [-0.3, -0.25) is 4.90 Å². The molecule has 2 nitrogen and oxygen atoms in total. The first kappa shape index (κ1) is 10.5. The van der Waals surface area contributed by atoms with Crippen LogP contribution in [0.4, 0.5) is 0 Å². The number of nitrogens with two attached hydrogens (primary N) is 1. The second-order valence-corrected chi connectivity index (χ2v) is 3.65. The molecular weight excluding hydrogens is 160 g/mol. The summed E-state index contributed by atoms with van der Waals surface area (Å²) >= 11 is 0. The zero-order chi connectivity index (χ0) is 9.68. The molecule has 0 aromatic heterocycles. The van der Waals surface area contributed by atoms with Crippen molar-refractivity contribution in [1.29, 1.82) is 0 Å². The molecule has 1 aliphatic heterocycles. The molecule has 0 spiro atoms. The zero-order valence-corrected chi connectivity index (χ0v) is 8.66. The molecule has 74 valence electrons. The lowest BCUT2D eigenvalue weighted by atomic mass is 10.2. The standard InChI is InChI=1S/C11H20N2/c1-3-5-10(4-2)8-13-7-6-11(12)9-13/h3-5,11H,6-9,12H2,1-2H3. The summed E-state index contributed by atoms with van der Waals surface area (Å²) in [4.78, 5) is 2.42. The molecule has 0 radical (unpaired) electrons. The van der Waals surface area contributed by atoms with E-state index in [1.54, 1.807) is 0 Å². The number of rotatable bonds is 3. The normalized spacial score (nSPS) is 26.1. The molecule has 1 unspecified atom stereocenters. The van der Waals surface area contributed by atoms with Crippen LogP contribution in [-0.2, 0) is 0 Å². The van der Waals surface area contributed by atoms with Crippen LogP contribution >= 0.6 is 0 Å². The molecule has 0 aromatic rings. The Morgan fingerprint density at radius 1 is 1.54 bits per heavy atom. The Balaban J connectivity index is 2.39. The summed E-state index contributed by atoms with van der Waals surface area (Å²) < 4.78 is 0. The van der Waals surface area contributed by atoms with Crippen LogP contribution in [0, 0.1) is 0 Å². The quantitative estimate of drug-likeness (QED) is 0.668. The van der Waals surface area contributed by atoms with Gasteiger partial charge in [0.15, 0.2) is 0 Å². The second-order valence-electron chi connectivity index (χ2n) is 3.65. The molecule has 13 heavy (non-hydrogen) atoms. The number of likely N-dealkylation sites (tertiary alicyclic amines) is 1. The van der Waals surface area contributed by atoms with Crippen LogP contribution in [0.15, 0.2) is 23.8 Å². The van der Waals surface area contributed by atoms with Gasteiger partial charge in [-0.25, -0.2) is 0 Å². The van der Waals surface area contributed by atoms with Crippen molar-refractivity contribution in [2.45, 2.75) is 26.3 Å². The van der Waals surface area contributed by atoms with Gasteiger partial charge in [-0.1, -0.05) is 18.2 Å². The fourth-order valence-electron chi connectivity index (χ4n) is 1.72. The van der Waals surface area contributed by atoms with E-state index in [4.69, 9.17) is 5.73 Å². The average molecular weight is 180 g/mol. The molecule has 0 saturated carbocycles. The monoisotopic (exact) mass is 180 g/mol. The Bertz CT molecular complexity index is 206. The smallest absolute Gasteiger partial charge is 0.0231 e. The Labute approximate surface area is 81.1 Å². The third kappa shape index (κ3) is 3.33. The minimum absolute atomic E-state index is 0.392. The Morgan fingerprint density at radius 2 is 2.31 bits per heavy atom. The van der Waals surface area contributed by atoms with Crippen LogP contribution in [-0.4, -0.2) is 30.6 Å². The first-order valence-electron chi connectivity index (χ1n) is 5.02. The van der Waals surface area contributed by atoms with Gasteiger partial charge in [-0.2, -0.15) is 0 Å². The summed E-state index contributed by atoms with van der Waals surface area (Å²) in [5, 5.41) is 0. The van der Waals surface area contributed by atoms with Crippen molar-refractivity contribution in [3.8, 4) is 0 Å². The molecular formula is C11H20N2. The summed E-state index contributed by atoms with van der Waals surface area (Å²) in [6.45, 7) is 7.39. The van der Waals surface area contributed by atoms with E-state index in [-0.39, 0.29) is 0 Å². The lowest BCUT2D eigenvalue weighted by Crippen LogP contribution is -2.27. The van der Waals surface area contributed by atoms with Crippen molar-refractivity contribution in [3.05, 3.63) is 23.8 Å². The van der Waals surface area contributed by atoms with Crippen molar-refractivity contribution in [1.82, 2.24) is 4.90 Å². The summed E-state index contributed by atoms with van der Waals surface area (Å²) in [6, 6.07) is 0.392. The summed E-state index contributed by atoms with van der Waals surface area (Å²) in [6.07, 6.45) is 7.58. The van der Waals surface area contributed by atoms with E-state index in [0.29, 0.717) is 6.04 Å². The van der Waals surface area contributed by atoms with Gasteiger partial charge in [0, 0.05) is 25.7 Å². The molecule has 2 heteroatoms. The van der Waals surface area contributed by atoms with Crippen molar-refractivity contribution >= 4 is 0 Å². The van der Waals surface area contributed by atoms with E-state index in [9.17, 15) is 0 Å². The van der Waals surface area contributed by atoms with E-state index in [1.165, 1.54) is 5.57 Å². The fraction of sp³-hybridized carbons (Fsp3) is 0.636. The molecule has 0 aliphatic carbocycles. The van der Waals surface area contributed by atoms with Gasteiger partial charge in [0.25, 0.3) is 0 Å². The van der Waals surface area contributed by atoms with E-state index < -0.39 is 0 Å². The van der Waals surface area contributed by atoms with Crippen molar-refractivity contribution in [3.63, 3.8) is 0 Å². The van der Waals surface area contributed by atoms with Gasteiger partial charge in [-0.05, 0) is 25.8 Å². The van der Waals surface area contributed by atoms with Gasteiger partial charge in [-0.15, -0.1) is 0 Å². The summed E-state index contributed by atoms with van der Waals surface area (Å²) in [7, 11) is 0. The van der Waals surface area contributed by atoms with E-state index in [0.717, 1.165) is 26.1 Å². The van der Waals surface area contributed by atoms with E-state index >= 15 is 0 Å². The Kier molecular flexibility index (Phi) is 4.19. The second kappa shape index (κ2) is 5.20. The van der Waals surface area contributed by atoms with Crippen LogP contribution in [0.1, 0.15) is 20.3 Å². The molecule has 0 bridgehead atoms. The highest BCUT2D eigenvalue weighted by molar-refractivity contribution is 5.19. The summed E-state index contributed by atoms with van der Waals surface area (Å²) in [5.41, 5.74) is 7.22. The average Bonchev–Trinajstić information content (AvgIpc) is 2.50. The molecule has 0 amide bonds. The molecule has 1 atom stereocenters. The first-order chi connectivity index (χ1) is 6.26. The maximum Gasteiger partial charge on any atom is 0.0231 e. The molecule has 2 N–H and O–H groups in total. The maximum atomic E-state index is 5.84. The minimum atomic E-state index is 0.392. The fourth-order valence-corrected chi connectivity index (χ4v) is 1.72. The predicted octanol–water partition coefficient (Wildman–Crippen LogP) is 1.54. The van der Waals surface area contributed by atoms with Crippen molar-refractivity contribution in [2.24, 2.45) is 5.73 Å². The largest absolute Gasteiger partial charge is 0.326 e. The number of hydrogen-bond acceptors (Lipinski definition) is 2. The number of hydrogen-bond donors (Lipinski definition) is 1. The van der Waals surface area contributed by atoms with Crippen LogP contribution in [0.25, 0.3) is 0 Å². The van der Waals surface area contributed by atoms with Crippen LogP contribution in [0.5, 0.6) is 0 Å². The lowest BCUT2D eigenvalue weighted by molar-refractivity contribution is 0.366. The molecule has 1 fully saturated rings. The molecule has 1 rings (SSSR count). The highest BCUT2D eigenvalue weighted by Gasteiger charge is 2.18. The lowest BCUT2D eigenvalue weighted by Gasteiger charge is -2.15. The zero-order valence-electron chi connectivity index (χ0n) is 8.66. The Hall–Kier alpha value is -0.600. The molecule has 1 saturated heterocycles. The SMILES string of the molecule is CC=CC(=CC)CN1CCC(N)C1. The third-order valence-electron chi connectivity index (χ3n) is 2.47. The molecule has 1 aliphatic rings. The molecule has 0 aromatic carbocycles. The van der Waals surface area contributed by atoms with Crippen LogP contribution < -0.4 is 5.73 Å². The molecule has 1 heterocycles. The van der Waals surface area contributed by atoms with Gasteiger partial charge >= 0.3 is 0 Å². The topological polar surface area (TPSA) is 29.3 Å². The maximum absolute atomic E-state index is 5.84. The van der Waals surface area contributed by atoms with E-state index in [1.807, 2.05) is 0 Å². The minimum Gasteiger partial charge on any atom is -0.326 e. The van der Waals surface area contributed by atoms with Crippen molar-refractivity contribution < 1.29 is 0 Å². The van der Waals surface area contributed by atoms with Gasteiger partial charge in [0.1, 0.15) is 0 Å². The van der Waals surface area contributed by atoms with Gasteiger partial charge < -0.3 is 5.73 Å². The predicted molar refractivity (Wildman–Crippen MR) is 57.6 cm³/mol. The number of nitrogens with zero attached hydrogens (tertiary/aromatic N) is 1. The van der Waals surface area contributed by atoms with Crippen LogP contribution in [0.3, 0.4) is 0 Å². The van der Waals surface area contributed by atoms with Gasteiger partial charge in [0.05, 0.1) is 0 Å². The van der Waals surface area contributed by atoms with E-state index in [2.05, 4.69) is 37.0 Å². The first-order valence-corrected chi connectivity index (χ1v) is 5.02. The Morgan fingerprint density at radius 3 is 2.77 bits per heavy atom. The third-order valence-corrected chi connectivity index (χ3v) is 2.47. The van der Waals surface area contributed by atoms with Crippen molar-refractivity contribution in [2.75, 3.05) is 19.6 Å². The number of allylic oxidation sites excluding steroid dienone is 2. The highest BCUT2D eigenvalue weighted by atomic mass is 15.2. The highest BCUT2D eigenvalue weighted by Crippen LogP contribution is 2.10. The summed E-state index contributed by atoms with van der Waals surface area (Å²) in [5.74, 6) is 0. The van der Waals surface area contributed by atoms with Crippen LogP contribution in [0.2, 0.25) is 0 Å².